The van der Waals surface area contributed by atoms with Crippen LogP contribution < -0.4 is 0 Å². The third-order valence-electron chi connectivity index (χ3n) is 0.877. The molecule has 0 aliphatic carbocycles. The molecule has 0 radical (unpaired) electrons. The van der Waals surface area contributed by atoms with Crippen LogP contribution >= 0.6 is 0 Å². The van der Waals surface area contributed by atoms with Crippen LogP contribution in [0.25, 0.3) is 0 Å². The highest BCUT2D eigenvalue weighted by Crippen LogP contribution is 2.16. The third kappa shape index (κ3) is 7.33. The zero-order chi connectivity index (χ0) is 9.61. The number of halogens is 3. The van der Waals surface area contributed by atoms with Crippen LogP contribution in [-0.4, -0.2) is 25.5 Å². The quantitative estimate of drug-likeness (QED) is 0.624. The monoisotopic (exact) mass is 186 g/mol. The molecular weight excluding hydrogens is 177 g/mol. The van der Waals surface area contributed by atoms with Gasteiger partial charge in [0.25, 0.3) is 0 Å². The molecule has 0 aromatic heterocycles. The molecule has 0 atom stereocenters. The second kappa shape index (κ2) is 4.97. The SMILES string of the molecule is CCOC(=O)CCOC(F)(F)F. The molecule has 0 unspecified atom stereocenters. The molecule has 0 heterocycles. The third-order valence-corrected chi connectivity index (χ3v) is 0.877. The Morgan fingerprint density at radius 1 is 1.42 bits per heavy atom. The molecule has 0 aromatic carbocycles. The average molecular weight is 186 g/mol. The van der Waals surface area contributed by atoms with Gasteiger partial charge in [0.15, 0.2) is 0 Å². The number of hydrogen-bond donors (Lipinski definition) is 0. The molecular formula is C6H9F3O3. The van der Waals surface area contributed by atoms with Gasteiger partial charge in [-0.1, -0.05) is 0 Å². The fourth-order valence-corrected chi connectivity index (χ4v) is 0.483. The van der Waals surface area contributed by atoms with Gasteiger partial charge in [0, 0.05) is 0 Å². The Hall–Kier alpha value is -0.780. The summed E-state index contributed by atoms with van der Waals surface area (Å²) >= 11 is 0. The van der Waals surface area contributed by atoms with E-state index in [9.17, 15) is 18.0 Å². The Kier molecular flexibility index (Phi) is 4.65. The van der Waals surface area contributed by atoms with Crippen molar-refractivity contribution >= 4 is 5.97 Å². The minimum atomic E-state index is -4.67. The molecule has 72 valence electrons. The average Bonchev–Trinajstić information content (AvgIpc) is 1.84. The molecule has 0 bridgehead atoms. The summed E-state index contributed by atoms with van der Waals surface area (Å²) in [4.78, 5) is 10.5. The zero-order valence-corrected chi connectivity index (χ0v) is 6.48. The Morgan fingerprint density at radius 3 is 2.42 bits per heavy atom. The molecule has 0 fully saturated rings. The minimum absolute atomic E-state index is 0.158. The van der Waals surface area contributed by atoms with Gasteiger partial charge in [0.1, 0.15) is 0 Å². The Morgan fingerprint density at radius 2 is 2.00 bits per heavy atom. The number of rotatable bonds is 4. The van der Waals surface area contributed by atoms with E-state index >= 15 is 0 Å². The molecule has 0 saturated carbocycles. The summed E-state index contributed by atoms with van der Waals surface area (Å²) in [7, 11) is 0. The van der Waals surface area contributed by atoms with Gasteiger partial charge in [-0.25, -0.2) is 0 Å². The number of esters is 1. The first-order chi connectivity index (χ1) is 5.45. The molecule has 0 aliphatic rings. The largest absolute Gasteiger partial charge is 0.522 e. The van der Waals surface area contributed by atoms with Crippen LogP contribution in [0.4, 0.5) is 13.2 Å². The van der Waals surface area contributed by atoms with E-state index in [-0.39, 0.29) is 13.0 Å². The molecule has 12 heavy (non-hydrogen) atoms. The minimum Gasteiger partial charge on any atom is -0.466 e. The topological polar surface area (TPSA) is 35.5 Å². The van der Waals surface area contributed by atoms with Crippen molar-refractivity contribution in [2.24, 2.45) is 0 Å². The number of hydrogen-bond acceptors (Lipinski definition) is 3. The molecule has 0 N–H and O–H groups in total. The maximum Gasteiger partial charge on any atom is 0.522 e. The predicted octanol–water partition coefficient (Wildman–Crippen LogP) is 1.48. The second-order valence-corrected chi connectivity index (χ2v) is 1.85. The fourth-order valence-electron chi connectivity index (χ4n) is 0.483. The molecule has 0 amide bonds. The zero-order valence-electron chi connectivity index (χ0n) is 6.48. The van der Waals surface area contributed by atoms with E-state index in [1.165, 1.54) is 0 Å². The highest BCUT2D eigenvalue weighted by molar-refractivity contribution is 5.69. The van der Waals surface area contributed by atoms with Gasteiger partial charge in [-0.15, -0.1) is 13.2 Å². The van der Waals surface area contributed by atoms with Crippen molar-refractivity contribution in [1.29, 1.82) is 0 Å². The summed E-state index contributed by atoms with van der Waals surface area (Å²) < 4.78 is 41.7. The molecule has 0 rings (SSSR count). The van der Waals surface area contributed by atoms with E-state index in [2.05, 4.69) is 9.47 Å². The molecule has 0 spiro atoms. The van der Waals surface area contributed by atoms with Crippen LogP contribution in [0.1, 0.15) is 13.3 Å². The molecule has 0 aliphatic heterocycles. The molecule has 6 heteroatoms. The van der Waals surface area contributed by atoms with Crippen LogP contribution in [0.3, 0.4) is 0 Å². The smallest absolute Gasteiger partial charge is 0.466 e. The van der Waals surface area contributed by atoms with Gasteiger partial charge in [0.05, 0.1) is 19.6 Å². The Labute approximate surface area is 67.4 Å². The van der Waals surface area contributed by atoms with Crippen molar-refractivity contribution in [3.8, 4) is 0 Å². The lowest BCUT2D eigenvalue weighted by Crippen LogP contribution is -2.17. The van der Waals surface area contributed by atoms with E-state index < -0.39 is 18.9 Å². The maximum atomic E-state index is 11.3. The lowest BCUT2D eigenvalue weighted by Gasteiger charge is -2.06. The van der Waals surface area contributed by atoms with Crippen molar-refractivity contribution in [2.75, 3.05) is 13.2 Å². The summed E-state index contributed by atoms with van der Waals surface area (Å²) in [5, 5.41) is 0. The van der Waals surface area contributed by atoms with E-state index in [1.807, 2.05) is 0 Å². The van der Waals surface area contributed by atoms with Crippen LogP contribution in [-0.2, 0) is 14.3 Å². The highest BCUT2D eigenvalue weighted by atomic mass is 19.4. The van der Waals surface area contributed by atoms with E-state index in [0.717, 1.165) is 0 Å². The van der Waals surface area contributed by atoms with Crippen LogP contribution in [0.5, 0.6) is 0 Å². The number of carbonyl (C=O) groups excluding carboxylic acids is 1. The molecule has 0 aromatic rings. The van der Waals surface area contributed by atoms with Crippen molar-refractivity contribution in [1.82, 2.24) is 0 Å². The summed E-state index contributed by atoms with van der Waals surface area (Å²) in [6, 6.07) is 0. The summed E-state index contributed by atoms with van der Waals surface area (Å²) in [6.45, 7) is 1.04. The van der Waals surface area contributed by atoms with Crippen molar-refractivity contribution < 1.29 is 27.4 Å². The van der Waals surface area contributed by atoms with E-state index in [1.54, 1.807) is 6.92 Å². The van der Waals surface area contributed by atoms with Gasteiger partial charge >= 0.3 is 12.3 Å². The first-order valence-corrected chi connectivity index (χ1v) is 3.32. The Bertz CT molecular complexity index is 143. The van der Waals surface area contributed by atoms with Crippen molar-refractivity contribution in [3.05, 3.63) is 0 Å². The van der Waals surface area contributed by atoms with Crippen LogP contribution in [0.15, 0.2) is 0 Å². The molecule has 0 saturated heterocycles. The van der Waals surface area contributed by atoms with Gasteiger partial charge < -0.3 is 4.74 Å². The first kappa shape index (κ1) is 11.2. The lowest BCUT2D eigenvalue weighted by atomic mass is 10.5. The highest BCUT2D eigenvalue weighted by Gasteiger charge is 2.28. The number of ether oxygens (including phenoxy) is 2. The van der Waals surface area contributed by atoms with Gasteiger partial charge in [0.2, 0.25) is 0 Å². The summed E-state index contributed by atoms with van der Waals surface area (Å²) in [5.74, 6) is -0.693. The van der Waals surface area contributed by atoms with Gasteiger partial charge in [-0.3, -0.25) is 9.53 Å². The normalized spacial score (nSPS) is 11.3. The molecule has 3 nitrogen and oxygen atoms in total. The standard InChI is InChI=1S/C6H9F3O3/c1-2-11-5(10)3-4-12-6(7,8)9/h2-4H2,1H3. The van der Waals surface area contributed by atoms with Crippen molar-refractivity contribution in [3.63, 3.8) is 0 Å². The predicted molar refractivity (Wildman–Crippen MR) is 33.3 cm³/mol. The first-order valence-electron chi connectivity index (χ1n) is 3.32. The van der Waals surface area contributed by atoms with E-state index in [4.69, 9.17) is 0 Å². The summed E-state index contributed by atoms with van der Waals surface area (Å²) in [5.41, 5.74) is 0. The maximum absolute atomic E-state index is 11.3. The Balaban J connectivity index is 3.37. The number of carbonyl (C=O) groups is 1. The van der Waals surface area contributed by atoms with Crippen molar-refractivity contribution in [2.45, 2.75) is 19.7 Å². The second-order valence-electron chi connectivity index (χ2n) is 1.85. The van der Waals surface area contributed by atoms with Gasteiger partial charge in [-0.05, 0) is 6.92 Å². The summed E-state index contributed by atoms with van der Waals surface area (Å²) in [6.07, 6.45) is -5.06. The fraction of sp³-hybridized carbons (Fsp3) is 0.833. The van der Waals surface area contributed by atoms with Crippen LogP contribution in [0, 0.1) is 0 Å². The van der Waals surface area contributed by atoms with E-state index in [0.29, 0.717) is 0 Å². The van der Waals surface area contributed by atoms with Gasteiger partial charge in [-0.2, -0.15) is 0 Å². The lowest BCUT2D eigenvalue weighted by molar-refractivity contribution is -0.324. The number of alkyl halides is 3. The van der Waals surface area contributed by atoms with Crippen LogP contribution in [0.2, 0.25) is 0 Å².